The Kier molecular flexibility index (Phi) is 3.00. The van der Waals surface area contributed by atoms with Crippen molar-refractivity contribution in [3.63, 3.8) is 0 Å². The molecule has 0 aromatic carbocycles. The van der Waals surface area contributed by atoms with E-state index in [9.17, 15) is 4.79 Å². The van der Waals surface area contributed by atoms with E-state index in [0.717, 1.165) is 12.2 Å². The van der Waals surface area contributed by atoms with Crippen molar-refractivity contribution < 1.29 is 26.0 Å². The normalized spacial score (nSPS) is 15.1. The Morgan fingerprint density at radius 2 is 2.43 bits per heavy atom. The molecular weight excluding hydrogens is 291 g/mol. The van der Waals surface area contributed by atoms with Crippen LogP contribution in [0.1, 0.15) is 18.9 Å². The number of rotatable bonds is 2. The van der Waals surface area contributed by atoms with Crippen molar-refractivity contribution in [1.29, 1.82) is 0 Å². The Bertz CT molecular complexity index is 365. The van der Waals surface area contributed by atoms with Crippen molar-refractivity contribution in [1.82, 2.24) is 4.98 Å². The molecule has 0 saturated heterocycles. The number of alkyl halides is 1. The van der Waals surface area contributed by atoms with Crippen molar-refractivity contribution in [2.24, 2.45) is 0 Å². The van der Waals surface area contributed by atoms with E-state index in [2.05, 4.69) is 23.3 Å². The maximum absolute atomic E-state index is 11.2. The Morgan fingerprint density at radius 3 is 3.21 bits per heavy atom. The van der Waals surface area contributed by atoms with Crippen LogP contribution in [0, 0.1) is 3.57 Å². The number of carbonyl (C=O) groups is 1. The van der Waals surface area contributed by atoms with Gasteiger partial charge in [0.05, 0.1) is 0 Å². The van der Waals surface area contributed by atoms with Gasteiger partial charge in [-0.25, -0.2) is 0 Å². The fourth-order valence-electron chi connectivity index (χ4n) is 1.52. The molecule has 0 spiro atoms. The van der Waals surface area contributed by atoms with Gasteiger partial charge in [0.1, 0.15) is 0 Å². The number of anilines is 1. The van der Waals surface area contributed by atoms with Crippen molar-refractivity contribution in [3.05, 3.63) is 21.4 Å². The Hall–Kier alpha value is -0.650. The predicted octanol–water partition coefficient (Wildman–Crippen LogP) is -1.76. The van der Waals surface area contributed by atoms with Gasteiger partial charge in [-0.05, 0) is 0 Å². The van der Waals surface area contributed by atoms with E-state index in [-0.39, 0.29) is 27.1 Å². The van der Waals surface area contributed by atoms with E-state index in [0.29, 0.717) is 6.42 Å². The SMILES string of the molecule is CC[I-]c1ccnc2c1CCC(=O)N2. The van der Waals surface area contributed by atoms with Crippen molar-refractivity contribution in [3.8, 4) is 0 Å². The second-order valence-corrected chi connectivity index (χ2v) is 6.52. The number of amides is 1. The Morgan fingerprint density at radius 1 is 1.57 bits per heavy atom. The molecule has 0 atom stereocenters. The van der Waals surface area contributed by atoms with Gasteiger partial charge in [0, 0.05) is 0 Å². The van der Waals surface area contributed by atoms with Gasteiger partial charge < -0.3 is 0 Å². The van der Waals surface area contributed by atoms with Gasteiger partial charge in [-0.1, -0.05) is 0 Å². The first-order valence-electron chi connectivity index (χ1n) is 4.68. The molecule has 1 aromatic heterocycles. The molecule has 2 rings (SSSR count). The van der Waals surface area contributed by atoms with Crippen LogP contribution in [0.3, 0.4) is 0 Å². The molecular formula is C10H12IN2O-. The van der Waals surface area contributed by atoms with E-state index in [1.165, 1.54) is 13.6 Å². The van der Waals surface area contributed by atoms with Crippen molar-refractivity contribution >= 4 is 11.7 Å². The molecule has 0 aliphatic carbocycles. The summed E-state index contributed by atoms with van der Waals surface area (Å²) in [4.78, 5) is 15.4. The number of halogens is 1. The average Bonchev–Trinajstić information content (AvgIpc) is 2.18. The van der Waals surface area contributed by atoms with Crippen LogP contribution in [-0.2, 0) is 11.2 Å². The molecule has 0 fully saturated rings. The molecule has 0 bridgehead atoms. The van der Waals surface area contributed by atoms with Crippen molar-refractivity contribution in [2.45, 2.75) is 19.8 Å². The minimum atomic E-state index is 0.0943. The number of pyridine rings is 1. The number of aromatic nitrogens is 1. The monoisotopic (exact) mass is 303 g/mol. The van der Waals surface area contributed by atoms with Crippen LogP contribution in [0.25, 0.3) is 0 Å². The van der Waals surface area contributed by atoms with E-state index in [1.54, 1.807) is 6.20 Å². The molecule has 1 N–H and O–H groups in total. The molecule has 76 valence electrons. The third-order valence-corrected chi connectivity index (χ3v) is 4.73. The standard InChI is InChI=1S/C10H12IN2O/c1-2-11-8-5-6-12-10-7(8)3-4-9(14)13-10/h5-6H,2-4H2,1H3,(H,12,13,14)/q-1. The first-order chi connectivity index (χ1) is 6.81. The fourth-order valence-corrected chi connectivity index (χ4v) is 3.74. The molecule has 1 aromatic rings. The molecule has 1 amide bonds. The Balaban J connectivity index is 2.36. The zero-order valence-corrected chi connectivity index (χ0v) is 10.2. The van der Waals surface area contributed by atoms with E-state index in [4.69, 9.17) is 0 Å². The second-order valence-electron chi connectivity index (χ2n) is 3.07. The van der Waals surface area contributed by atoms with Gasteiger partial charge in [-0.15, -0.1) is 0 Å². The van der Waals surface area contributed by atoms with Crippen LogP contribution < -0.4 is 26.5 Å². The first kappa shape index (κ1) is 9.89. The third kappa shape index (κ3) is 1.89. The fraction of sp³-hybridized carbons (Fsp3) is 0.400. The van der Waals surface area contributed by atoms with Crippen molar-refractivity contribution in [2.75, 3.05) is 9.74 Å². The van der Waals surface area contributed by atoms with Crippen LogP contribution in [0.5, 0.6) is 0 Å². The van der Waals surface area contributed by atoms with E-state index >= 15 is 0 Å². The van der Waals surface area contributed by atoms with Crippen LogP contribution in [-0.4, -0.2) is 15.3 Å². The summed E-state index contributed by atoms with van der Waals surface area (Å²) in [6.45, 7) is 2.21. The number of nitrogens with zero attached hydrogens (tertiary/aromatic N) is 1. The summed E-state index contributed by atoms with van der Waals surface area (Å²) in [5.41, 5.74) is 1.28. The Labute approximate surface area is 93.6 Å². The summed E-state index contributed by atoms with van der Waals surface area (Å²) in [5.74, 6) is 0.892. The molecule has 1 aliphatic rings. The zero-order valence-electron chi connectivity index (χ0n) is 8.01. The zero-order chi connectivity index (χ0) is 9.97. The van der Waals surface area contributed by atoms with Gasteiger partial charge >= 0.3 is 93.6 Å². The number of hydrogen-bond acceptors (Lipinski definition) is 2. The minimum absolute atomic E-state index is 0.0943. The van der Waals surface area contributed by atoms with Crippen LogP contribution in [0.4, 0.5) is 5.82 Å². The predicted molar refractivity (Wildman–Crippen MR) is 50.4 cm³/mol. The van der Waals surface area contributed by atoms with E-state index < -0.39 is 0 Å². The summed E-state index contributed by atoms with van der Waals surface area (Å²) in [6.07, 6.45) is 3.28. The number of carbonyl (C=O) groups excluding carboxylic acids is 1. The van der Waals surface area contributed by atoms with Gasteiger partial charge in [0.2, 0.25) is 0 Å². The molecule has 0 unspecified atom stereocenters. The maximum atomic E-state index is 11.2. The van der Waals surface area contributed by atoms with Gasteiger partial charge in [0.15, 0.2) is 0 Å². The van der Waals surface area contributed by atoms with Gasteiger partial charge in [0.25, 0.3) is 0 Å². The third-order valence-electron chi connectivity index (χ3n) is 2.14. The quantitative estimate of drug-likeness (QED) is 0.520. The summed E-state index contributed by atoms with van der Waals surface area (Å²) in [5, 5.41) is 2.83. The number of hydrogen-bond donors (Lipinski definition) is 1. The summed E-state index contributed by atoms with van der Waals surface area (Å²) >= 11 is 0.107. The molecule has 3 nitrogen and oxygen atoms in total. The second kappa shape index (κ2) is 4.25. The van der Waals surface area contributed by atoms with E-state index in [1.807, 2.05) is 0 Å². The molecule has 0 radical (unpaired) electrons. The topological polar surface area (TPSA) is 42.0 Å². The van der Waals surface area contributed by atoms with Crippen LogP contribution in [0.15, 0.2) is 12.3 Å². The van der Waals surface area contributed by atoms with Gasteiger partial charge in [-0.2, -0.15) is 0 Å². The molecule has 4 heteroatoms. The average molecular weight is 303 g/mol. The number of fused-ring (bicyclic) bond motifs is 1. The van der Waals surface area contributed by atoms with Crippen LogP contribution in [0.2, 0.25) is 0 Å². The molecule has 14 heavy (non-hydrogen) atoms. The summed E-state index contributed by atoms with van der Waals surface area (Å²) in [7, 11) is 0. The summed E-state index contributed by atoms with van der Waals surface area (Å²) in [6, 6.07) is 2.10. The molecule has 0 saturated carbocycles. The van der Waals surface area contributed by atoms with Gasteiger partial charge in [-0.3, -0.25) is 0 Å². The molecule has 2 heterocycles. The first-order valence-corrected chi connectivity index (χ1v) is 7.28. The number of nitrogens with one attached hydrogen (secondary N) is 1. The molecule has 1 aliphatic heterocycles. The van der Waals surface area contributed by atoms with Crippen LogP contribution >= 0.6 is 0 Å². The summed E-state index contributed by atoms with van der Waals surface area (Å²) < 4.78 is 2.68.